The predicted octanol–water partition coefficient (Wildman–Crippen LogP) is 2.72. The second kappa shape index (κ2) is 4.49. The normalized spacial score (nSPS) is 59.7. The summed E-state index contributed by atoms with van der Waals surface area (Å²) in [6.45, 7) is 6.80. The maximum absolute atomic E-state index is 11.1. The van der Waals surface area contributed by atoms with E-state index in [1.165, 1.54) is 6.42 Å². The van der Waals surface area contributed by atoms with Crippen molar-refractivity contribution in [3.05, 3.63) is 0 Å². The molecule has 22 heavy (non-hydrogen) atoms. The van der Waals surface area contributed by atoms with Crippen molar-refractivity contribution in [2.45, 2.75) is 84.0 Å². The molecular weight excluding hydrogens is 276 g/mol. The Bertz CT molecular complexity index is 471. The summed E-state index contributed by atoms with van der Waals surface area (Å²) in [4.78, 5) is 0. The van der Waals surface area contributed by atoms with Gasteiger partial charge in [-0.3, -0.25) is 0 Å². The molecular formula is C19H32O3. The Morgan fingerprint density at radius 2 is 1.45 bits per heavy atom. The molecule has 3 heteroatoms. The molecule has 3 nitrogen and oxygen atoms in total. The Balaban J connectivity index is 1.78. The molecule has 2 bridgehead atoms. The number of aliphatic hydroxyl groups is 3. The van der Waals surface area contributed by atoms with Crippen molar-refractivity contribution in [2.24, 2.45) is 34.0 Å². The first-order valence-corrected chi connectivity index (χ1v) is 9.22. The van der Waals surface area contributed by atoms with E-state index in [4.69, 9.17) is 0 Å². The number of hydrogen-bond donors (Lipinski definition) is 3. The van der Waals surface area contributed by atoms with Crippen LogP contribution in [-0.4, -0.2) is 33.6 Å². The van der Waals surface area contributed by atoms with Crippen LogP contribution in [0, 0.1) is 34.0 Å². The highest BCUT2D eigenvalue weighted by Crippen LogP contribution is 2.71. The van der Waals surface area contributed by atoms with E-state index in [0.717, 1.165) is 38.5 Å². The van der Waals surface area contributed by atoms with Gasteiger partial charge in [0.1, 0.15) is 0 Å². The maximum atomic E-state index is 11.1. The third-order valence-corrected chi connectivity index (χ3v) is 8.18. The van der Waals surface area contributed by atoms with Crippen LogP contribution in [0.2, 0.25) is 0 Å². The van der Waals surface area contributed by atoms with E-state index < -0.39 is 0 Å². The van der Waals surface area contributed by atoms with Gasteiger partial charge in [0.15, 0.2) is 0 Å². The zero-order chi connectivity index (χ0) is 15.9. The molecule has 0 radical (unpaired) electrons. The van der Waals surface area contributed by atoms with Crippen LogP contribution >= 0.6 is 0 Å². The van der Waals surface area contributed by atoms with Crippen molar-refractivity contribution in [1.82, 2.24) is 0 Å². The fourth-order valence-corrected chi connectivity index (χ4v) is 8.12. The molecule has 4 aliphatic carbocycles. The van der Waals surface area contributed by atoms with Gasteiger partial charge in [-0.1, -0.05) is 20.8 Å². The molecule has 0 saturated heterocycles. The number of fused-ring (bicyclic) bond motifs is 3. The number of hydrogen-bond acceptors (Lipinski definition) is 3. The lowest BCUT2D eigenvalue weighted by Crippen LogP contribution is -2.63. The predicted molar refractivity (Wildman–Crippen MR) is 85.1 cm³/mol. The topological polar surface area (TPSA) is 60.7 Å². The van der Waals surface area contributed by atoms with Gasteiger partial charge in [-0.05, 0) is 78.9 Å². The van der Waals surface area contributed by atoms with Crippen LogP contribution in [0.4, 0.5) is 0 Å². The summed E-state index contributed by atoms with van der Waals surface area (Å²) in [6.07, 6.45) is 6.06. The Labute approximate surface area is 134 Å². The Morgan fingerprint density at radius 3 is 2.18 bits per heavy atom. The van der Waals surface area contributed by atoms with Gasteiger partial charge in [0, 0.05) is 0 Å². The molecule has 0 aliphatic heterocycles. The molecule has 1 spiro atoms. The molecule has 4 aliphatic rings. The standard InChI is InChI=1S/C19H32O3/c1-17(2)7-12(20)8-18(3)15-5-4-11-6-19(15,9-13(11)21)10-14(22)16(17)18/h11-16,20-22H,4-10H2,1-3H3/t11-,12-,13-,14-,15+,16-,18+,19+/m1/s1. The van der Waals surface area contributed by atoms with Crippen LogP contribution in [-0.2, 0) is 0 Å². The fourth-order valence-electron chi connectivity index (χ4n) is 8.12. The third-order valence-electron chi connectivity index (χ3n) is 8.18. The zero-order valence-electron chi connectivity index (χ0n) is 14.3. The molecule has 0 aromatic rings. The van der Waals surface area contributed by atoms with Crippen LogP contribution < -0.4 is 0 Å². The Kier molecular flexibility index (Phi) is 3.14. The van der Waals surface area contributed by atoms with Gasteiger partial charge >= 0.3 is 0 Å². The largest absolute Gasteiger partial charge is 0.393 e. The van der Waals surface area contributed by atoms with Crippen molar-refractivity contribution in [3.63, 3.8) is 0 Å². The van der Waals surface area contributed by atoms with Gasteiger partial charge in [-0.2, -0.15) is 0 Å². The van der Waals surface area contributed by atoms with Crippen LogP contribution in [0.3, 0.4) is 0 Å². The van der Waals surface area contributed by atoms with Crippen molar-refractivity contribution < 1.29 is 15.3 Å². The summed E-state index contributed by atoms with van der Waals surface area (Å²) in [6, 6.07) is 0. The second-order valence-corrected chi connectivity index (χ2v) is 10.0. The van der Waals surface area contributed by atoms with Gasteiger partial charge in [-0.15, -0.1) is 0 Å². The average molecular weight is 308 g/mol. The van der Waals surface area contributed by atoms with E-state index in [1.807, 2.05) is 0 Å². The molecule has 4 rings (SSSR count). The van der Waals surface area contributed by atoms with E-state index in [-0.39, 0.29) is 40.5 Å². The summed E-state index contributed by atoms with van der Waals surface area (Å²) in [5.41, 5.74) is 0.121. The van der Waals surface area contributed by atoms with Crippen molar-refractivity contribution >= 4 is 0 Å². The average Bonchev–Trinajstić information content (AvgIpc) is 2.55. The summed E-state index contributed by atoms with van der Waals surface area (Å²) in [5.74, 6) is 1.27. The molecule has 4 saturated carbocycles. The first-order chi connectivity index (χ1) is 10.2. The fraction of sp³-hybridized carbons (Fsp3) is 1.00. The van der Waals surface area contributed by atoms with E-state index >= 15 is 0 Å². The highest BCUT2D eigenvalue weighted by Gasteiger charge is 2.67. The van der Waals surface area contributed by atoms with Crippen molar-refractivity contribution in [2.75, 3.05) is 0 Å². The number of rotatable bonds is 0. The van der Waals surface area contributed by atoms with Gasteiger partial charge in [0.2, 0.25) is 0 Å². The number of aliphatic hydroxyl groups excluding tert-OH is 3. The highest BCUT2D eigenvalue weighted by molar-refractivity contribution is 5.16. The van der Waals surface area contributed by atoms with Crippen molar-refractivity contribution in [1.29, 1.82) is 0 Å². The molecule has 0 heterocycles. The smallest absolute Gasteiger partial charge is 0.0584 e. The first-order valence-electron chi connectivity index (χ1n) is 9.22. The monoisotopic (exact) mass is 308 g/mol. The molecule has 4 fully saturated rings. The van der Waals surface area contributed by atoms with Crippen LogP contribution in [0.1, 0.15) is 65.7 Å². The lowest BCUT2D eigenvalue weighted by atomic mass is 9.40. The van der Waals surface area contributed by atoms with Crippen LogP contribution in [0.25, 0.3) is 0 Å². The minimum absolute atomic E-state index is 0.00780. The SMILES string of the molecule is CC1(C)C[C@@H](O)C[C@]2(C)[C@@H]1[C@H](O)C[C@@]13C[C@@H](CC[C@H]12)[C@H](O)C3. The van der Waals surface area contributed by atoms with Crippen molar-refractivity contribution in [3.8, 4) is 0 Å². The third kappa shape index (κ3) is 1.85. The quantitative estimate of drug-likeness (QED) is 0.645. The molecule has 126 valence electrons. The summed E-state index contributed by atoms with van der Waals surface area (Å²) < 4.78 is 0. The lowest BCUT2D eigenvalue weighted by molar-refractivity contribution is -0.215. The van der Waals surface area contributed by atoms with Gasteiger partial charge < -0.3 is 15.3 Å². The maximum Gasteiger partial charge on any atom is 0.0584 e. The van der Waals surface area contributed by atoms with E-state index in [9.17, 15) is 15.3 Å². The lowest BCUT2D eigenvalue weighted by Gasteiger charge is -2.66. The Hall–Kier alpha value is -0.120. The summed E-state index contributed by atoms with van der Waals surface area (Å²) in [5, 5.41) is 32.0. The zero-order valence-corrected chi connectivity index (χ0v) is 14.3. The molecule has 0 aromatic heterocycles. The van der Waals surface area contributed by atoms with Crippen LogP contribution in [0.15, 0.2) is 0 Å². The van der Waals surface area contributed by atoms with E-state index in [2.05, 4.69) is 20.8 Å². The highest BCUT2D eigenvalue weighted by atomic mass is 16.3. The Morgan fingerprint density at radius 1 is 0.773 bits per heavy atom. The molecule has 8 atom stereocenters. The molecule has 3 N–H and O–H groups in total. The summed E-state index contributed by atoms with van der Waals surface area (Å²) >= 11 is 0. The van der Waals surface area contributed by atoms with Gasteiger partial charge in [0.25, 0.3) is 0 Å². The molecule has 0 amide bonds. The van der Waals surface area contributed by atoms with Gasteiger partial charge in [-0.25, -0.2) is 0 Å². The van der Waals surface area contributed by atoms with E-state index in [0.29, 0.717) is 11.8 Å². The molecule has 0 unspecified atom stereocenters. The van der Waals surface area contributed by atoms with Crippen LogP contribution in [0.5, 0.6) is 0 Å². The van der Waals surface area contributed by atoms with Gasteiger partial charge in [0.05, 0.1) is 18.3 Å². The van der Waals surface area contributed by atoms with E-state index in [1.54, 1.807) is 0 Å². The second-order valence-electron chi connectivity index (χ2n) is 10.0. The minimum atomic E-state index is -0.284. The summed E-state index contributed by atoms with van der Waals surface area (Å²) in [7, 11) is 0. The first kappa shape index (κ1) is 15.4. The minimum Gasteiger partial charge on any atom is -0.393 e. The molecule has 0 aromatic carbocycles.